The summed E-state index contributed by atoms with van der Waals surface area (Å²) in [6.07, 6.45) is 1.77. The molecule has 29 heavy (non-hydrogen) atoms. The van der Waals surface area contributed by atoms with Crippen molar-refractivity contribution >= 4 is 17.5 Å². The van der Waals surface area contributed by atoms with Crippen molar-refractivity contribution in [1.29, 1.82) is 0 Å². The number of halogens is 1. The van der Waals surface area contributed by atoms with Crippen molar-refractivity contribution in [3.63, 3.8) is 0 Å². The largest absolute Gasteiger partial charge is 0.497 e. The maximum absolute atomic E-state index is 14.0. The number of benzene rings is 2. The molecule has 1 aromatic heterocycles. The van der Waals surface area contributed by atoms with Crippen LogP contribution in [0.15, 0.2) is 60.8 Å². The Morgan fingerprint density at radius 3 is 2.41 bits per heavy atom. The Bertz CT molecular complexity index is 942. The maximum Gasteiger partial charge on any atom is 0.224 e. The van der Waals surface area contributed by atoms with Crippen molar-refractivity contribution < 1.29 is 9.13 Å². The van der Waals surface area contributed by atoms with Gasteiger partial charge in [-0.15, -0.1) is 0 Å². The monoisotopic (exact) mass is 393 g/mol. The van der Waals surface area contributed by atoms with Gasteiger partial charge in [0.2, 0.25) is 5.95 Å². The van der Waals surface area contributed by atoms with Crippen molar-refractivity contribution in [1.82, 2.24) is 9.97 Å². The summed E-state index contributed by atoms with van der Waals surface area (Å²) in [6.45, 7) is 3.69. The number of hydrogen-bond donors (Lipinski definition) is 1. The molecule has 1 saturated heterocycles. The van der Waals surface area contributed by atoms with E-state index in [-0.39, 0.29) is 5.82 Å². The second kappa shape index (κ2) is 8.77. The van der Waals surface area contributed by atoms with Crippen molar-refractivity contribution in [2.45, 2.75) is 6.54 Å². The van der Waals surface area contributed by atoms with E-state index in [1.165, 1.54) is 6.07 Å². The maximum atomic E-state index is 14.0. The van der Waals surface area contributed by atoms with Gasteiger partial charge in [0, 0.05) is 38.9 Å². The van der Waals surface area contributed by atoms with Crippen LogP contribution in [0.2, 0.25) is 0 Å². The topological polar surface area (TPSA) is 53.5 Å². The molecule has 0 radical (unpaired) electrons. The van der Waals surface area contributed by atoms with Gasteiger partial charge >= 0.3 is 0 Å². The van der Waals surface area contributed by atoms with Crippen molar-refractivity contribution in [3.05, 3.63) is 72.2 Å². The average molecular weight is 393 g/mol. The van der Waals surface area contributed by atoms with Gasteiger partial charge in [-0.25, -0.2) is 9.37 Å². The Morgan fingerprint density at radius 2 is 1.69 bits per heavy atom. The van der Waals surface area contributed by atoms with E-state index >= 15 is 0 Å². The molecule has 0 bridgehead atoms. The van der Waals surface area contributed by atoms with Crippen LogP contribution < -0.4 is 19.9 Å². The molecule has 0 aliphatic carbocycles. The highest BCUT2D eigenvalue weighted by atomic mass is 19.1. The first-order valence-corrected chi connectivity index (χ1v) is 9.67. The Balaban J connectivity index is 1.36. The summed E-state index contributed by atoms with van der Waals surface area (Å²) in [5, 5.41) is 3.27. The molecule has 1 fully saturated rings. The van der Waals surface area contributed by atoms with Gasteiger partial charge < -0.3 is 19.9 Å². The second-order valence-electron chi connectivity index (χ2n) is 6.87. The number of rotatable bonds is 6. The molecule has 2 heterocycles. The minimum Gasteiger partial charge on any atom is -0.497 e. The quantitative estimate of drug-likeness (QED) is 0.691. The van der Waals surface area contributed by atoms with Gasteiger partial charge in [-0.1, -0.05) is 24.3 Å². The fraction of sp³-hybridized carbons (Fsp3) is 0.273. The summed E-state index contributed by atoms with van der Waals surface area (Å²) < 4.78 is 19.2. The van der Waals surface area contributed by atoms with Gasteiger partial charge in [-0.3, -0.25) is 0 Å². The number of para-hydroxylation sites is 1. The van der Waals surface area contributed by atoms with Gasteiger partial charge in [-0.2, -0.15) is 4.98 Å². The van der Waals surface area contributed by atoms with E-state index in [1.54, 1.807) is 19.4 Å². The Hall–Kier alpha value is -3.35. The van der Waals surface area contributed by atoms with E-state index in [4.69, 9.17) is 4.74 Å². The Morgan fingerprint density at radius 1 is 0.966 bits per heavy atom. The van der Waals surface area contributed by atoms with Gasteiger partial charge in [-0.05, 0) is 35.9 Å². The third kappa shape index (κ3) is 4.56. The molecule has 7 heteroatoms. The fourth-order valence-corrected chi connectivity index (χ4v) is 3.42. The first kappa shape index (κ1) is 19.0. The molecular formula is C22H24FN5O. The third-order valence-electron chi connectivity index (χ3n) is 5.05. The molecule has 4 rings (SSSR count). The summed E-state index contributed by atoms with van der Waals surface area (Å²) in [5.41, 5.74) is 1.79. The molecule has 0 unspecified atom stereocenters. The number of hydrogen-bond acceptors (Lipinski definition) is 6. The smallest absolute Gasteiger partial charge is 0.224 e. The zero-order valence-electron chi connectivity index (χ0n) is 16.4. The van der Waals surface area contributed by atoms with Gasteiger partial charge in [0.05, 0.1) is 12.8 Å². The van der Waals surface area contributed by atoms with Crippen molar-refractivity contribution in [2.24, 2.45) is 0 Å². The van der Waals surface area contributed by atoms with Crippen LogP contribution >= 0.6 is 0 Å². The zero-order chi connectivity index (χ0) is 20.1. The lowest BCUT2D eigenvalue weighted by Crippen LogP contribution is -2.47. The molecule has 1 aliphatic rings. The Labute approximate surface area is 170 Å². The Kier molecular flexibility index (Phi) is 5.74. The lowest BCUT2D eigenvalue weighted by Gasteiger charge is -2.36. The van der Waals surface area contributed by atoms with E-state index in [0.717, 1.165) is 43.3 Å². The number of anilines is 3. The molecule has 3 aromatic rings. The number of piperazine rings is 1. The molecule has 6 nitrogen and oxygen atoms in total. The molecule has 2 aromatic carbocycles. The lowest BCUT2D eigenvalue weighted by atomic mass is 10.2. The molecule has 1 aliphatic heterocycles. The van der Waals surface area contributed by atoms with Crippen LogP contribution in [0.1, 0.15) is 5.56 Å². The van der Waals surface area contributed by atoms with E-state index in [9.17, 15) is 4.39 Å². The highest BCUT2D eigenvalue weighted by molar-refractivity contribution is 5.51. The normalized spacial score (nSPS) is 14.0. The lowest BCUT2D eigenvalue weighted by molar-refractivity contribution is 0.414. The van der Waals surface area contributed by atoms with Crippen LogP contribution in [0, 0.1) is 5.82 Å². The number of methoxy groups -OCH3 is 1. The molecule has 0 amide bonds. The van der Waals surface area contributed by atoms with Gasteiger partial charge in [0.1, 0.15) is 17.4 Å². The number of ether oxygens (including phenoxy) is 1. The van der Waals surface area contributed by atoms with E-state index in [1.807, 2.05) is 42.5 Å². The van der Waals surface area contributed by atoms with Crippen LogP contribution in [0.4, 0.5) is 21.8 Å². The predicted molar refractivity (Wildman–Crippen MR) is 113 cm³/mol. The standard InChI is InChI=1S/C22H24FN5O/c1-29-18-8-6-17(7-9-18)16-25-22-24-11-10-21(26-22)28-14-12-27(13-15-28)20-5-3-2-4-19(20)23/h2-11H,12-16H2,1H3,(H,24,25,26). The summed E-state index contributed by atoms with van der Waals surface area (Å²) in [6, 6.07) is 16.7. The van der Waals surface area contributed by atoms with Crippen LogP contribution in [0.5, 0.6) is 5.75 Å². The fourth-order valence-electron chi connectivity index (χ4n) is 3.42. The zero-order valence-corrected chi connectivity index (χ0v) is 16.4. The predicted octanol–water partition coefficient (Wildman–Crippen LogP) is 3.56. The van der Waals surface area contributed by atoms with E-state index in [0.29, 0.717) is 18.2 Å². The van der Waals surface area contributed by atoms with Gasteiger partial charge in [0.15, 0.2) is 0 Å². The highest BCUT2D eigenvalue weighted by Crippen LogP contribution is 2.22. The van der Waals surface area contributed by atoms with Crippen LogP contribution in [-0.2, 0) is 6.54 Å². The molecule has 0 atom stereocenters. The number of nitrogens with one attached hydrogen (secondary N) is 1. The average Bonchev–Trinajstić information content (AvgIpc) is 2.79. The van der Waals surface area contributed by atoms with E-state index in [2.05, 4.69) is 25.1 Å². The van der Waals surface area contributed by atoms with Crippen LogP contribution in [-0.4, -0.2) is 43.3 Å². The number of aromatic nitrogens is 2. The third-order valence-corrected chi connectivity index (χ3v) is 5.05. The summed E-state index contributed by atoms with van der Waals surface area (Å²) in [7, 11) is 1.66. The minimum atomic E-state index is -0.173. The first-order chi connectivity index (χ1) is 14.2. The summed E-state index contributed by atoms with van der Waals surface area (Å²) >= 11 is 0. The van der Waals surface area contributed by atoms with Crippen LogP contribution in [0.3, 0.4) is 0 Å². The van der Waals surface area contributed by atoms with Crippen LogP contribution in [0.25, 0.3) is 0 Å². The summed E-state index contributed by atoms with van der Waals surface area (Å²) in [4.78, 5) is 13.3. The number of nitrogens with zero attached hydrogens (tertiary/aromatic N) is 4. The highest BCUT2D eigenvalue weighted by Gasteiger charge is 2.20. The van der Waals surface area contributed by atoms with Crippen molar-refractivity contribution in [2.75, 3.05) is 48.4 Å². The second-order valence-corrected chi connectivity index (χ2v) is 6.87. The summed E-state index contributed by atoms with van der Waals surface area (Å²) in [5.74, 6) is 2.13. The molecule has 150 valence electrons. The molecule has 1 N–H and O–H groups in total. The molecule has 0 saturated carbocycles. The minimum absolute atomic E-state index is 0.173. The van der Waals surface area contributed by atoms with Gasteiger partial charge in [0.25, 0.3) is 0 Å². The van der Waals surface area contributed by atoms with E-state index < -0.39 is 0 Å². The molecular weight excluding hydrogens is 369 g/mol. The first-order valence-electron chi connectivity index (χ1n) is 9.67. The van der Waals surface area contributed by atoms with Crippen molar-refractivity contribution in [3.8, 4) is 5.75 Å². The molecule has 0 spiro atoms. The SMILES string of the molecule is COc1ccc(CNc2nccc(N3CCN(c4ccccc4F)CC3)n2)cc1.